The van der Waals surface area contributed by atoms with Crippen molar-refractivity contribution in [2.45, 2.75) is 58.8 Å². The minimum Gasteiger partial charge on any atom is -0.395 e. The molecule has 0 aromatic heterocycles. The Balaban J connectivity index is 1.74. The molecule has 2 aliphatic rings. The number of hydrogen-bond acceptors (Lipinski definition) is 3. The predicted molar refractivity (Wildman–Crippen MR) is 135 cm³/mol. The van der Waals surface area contributed by atoms with Crippen LogP contribution >= 0.6 is 0 Å². The molecule has 34 heavy (non-hydrogen) atoms. The van der Waals surface area contributed by atoms with Crippen LogP contribution in [0.5, 0.6) is 0 Å². The fourth-order valence-electron chi connectivity index (χ4n) is 5.26. The Hall–Kier alpha value is -2.37. The number of amides is 3. The molecule has 1 aliphatic heterocycles. The Morgan fingerprint density at radius 2 is 2.00 bits per heavy atom. The van der Waals surface area contributed by atoms with Gasteiger partial charge in [-0.15, -0.1) is 5.54 Å². The second-order valence-corrected chi connectivity index (χ2v) is 15.8. The fraction of sp³-hybridized carbons (Fsp3) is 0.615. The monoisotopic (exact) mass is 487 g/mol. The van der Waals surface area contributed by atoms with E-state index in [1.165, 1.54) is 23.1 Å². The van der Waals surface area contributed by atoms with E-state index in [1.54, 1.807) is 0 Å². The number of anilines is 1. The Morgan fingerprint density at radius 3 is 2.68 bits per heavy atom. The van der Waals surface area contributed by atoms with Crippen molar-refractivity contribution in [2.24, 2.45) is 23.7 Å². The summed E-state index contributed by atoms with van der Waals surface area (Å²) in [7, 11) is -1.70. The Morgan fingerprint density at radius 1 is 1.26 bits per heavy atom. The summed E-state index contributed by atoms with van der Waals surface area (Å²) in [6.45, 7) is 10.8. The first-order valence-corrected chi connectivity index (χ1v) is 15.8. The van der Waals surface area contributed by atoms with Gasteiger partial charge in [0.25, 0.3) is 0 Å². The summed E-state index contributed by atoms with van der Waals surface area (Å²) >= 11 is 0. The Bertz CT molecular complexity index is 968. The minimum atomic E-state index is -1.70. The quantitative estimate of drug-likeness (QED) is 0.433. The van der Waals surface area contributed by atoms with Gasteiger partial charge in [-0.2, -0.15) is 0 Å². The second-order valence-electron chi connectivity index (χ2n) is 11.1. The number of rotatable bonds is 5. The van der Waals surface area contributed by atoms with Gasteiger partial charge in [-0.1, -0.05) is 39.4 Å². The molecule has 1 aromatic rings. The zero-order valence-electron chi connectivity index (χ0n) is 21.0. The van der Waals surface area contributed by atoms with Crippen molar-refractivity contribution in [3.63, 3.8) is 0 Å². The van der Waals surface area contributed by atoms with E-state index in [0.717, 1.165) is 19.3 Å². The Kier molecular flexibility index (Phi) is 8.42. The molecule has 3 N–H and O–H groups in total. The summed E-state index contributed by atoms with van der Waals surface area (Å²) in [5.74, 6) is 3.73. The van der Waals surface area contributed by atoms with Gasteiger partial charge in [0.05, 0.1) is 23.8 Å². The van der Waals surface area contributed by atoms with Gasteiger partial charge in [0.15, 0.2) is 0 Å². The number of carbonyl (C=O) groups excluding carboxylic acids is 2. The molecule has 1 aromatic carbocycles. The van der Waals surface area contributed by atoms with Crippen LogP contribution in [-0.4, -0.2) is 55.8 Å². The molecule has 6 nitrogen and oxygen atoms in total. The number of hydrogen-bond donors (Lipinski definition) is 3. The highest BCUT2D eigenvalue weighted by Gasteiger charge is 2.42. The zero-order valence-corrected chi connectivity index (χ0v) is 22.0. The van der Waals surface area contributed by atoms with E-state index in [-0.39, 0.29) is 37.6 Å². The number of fused-ring (bicyclic) bond motifs is 1. The van der Waals surface area contributed by atoms with Crippen LogP contribution < -0.4 is 10.6 Å². The van der Waals surface area contributed by atoms with Crippen LogP contribution in [-0.2, 0) is 4.79 Å². The fourth-order valence-corrected chi connectivity index (χ4v) is 5.77. The van der Waals surface area contributed by atoms with Crippen molar-refractivity contribution in [1.82, 2.24) is 10.2 Å². The van der Waals surface area contributed by atoms with Gasteiger partial charge in [-0.3, -0.25) is 4.79 Å². The van der Waals surface area contributed by atoms with Crippen LogP contribution in [0.3, 0.4) is 0 Å². The highest BCUT2D eigenvalue weighted by atomic mass is 28.3. The van der Waals surface area contributed by atoms with Crippen molar-refractivity contribution in [2.75, 3.05) is 25.0 Å². The zero-order chi connectivity index (χ0) is 25.0. The standard InChI is InChI=1S/C26H38FN3O3Si/c1-17-12-18(2)24-20(13-17)14-21(25(32)29-24)16-30(9-10-31)26(33)28-23-7-6-22(27)15-19(23)8-11-34(3,4)5/h6-7,15,17-18,20-21,24,31H,9-10,12-14,16H2,1-5H3,(H,28,33)(H,29,32). The van der Waals surface area contributed by atoms with Crippen LogP contribution in [0, 0.1) is 41.0 Å². The summed E-state index contributed by atoms with van der Waals surface area (Å²) < 4.78 is 13.9. The second kappa shape index (κ2) is 10.9. The maximum Gasteiger partial charge on any atom is 0.321 e. The first-order valence-electron chi connectivity index (χ1n) is 12.3. The van der Waals surface area contributed by atoms with Gasteiger partial charge in [0.2, 0.25) is 5.91 Å². The number of halogens is 1. The number of nitrogens with zero attached hydrogens (tertiary/aromatic N) is 1. The third-order valence-electron chi connectivity index (χ3n) is 6.76. The van der Waals surface area contributed by atoms with E-state index < -0.39 is 19.9 Å². The molecule has 1 saturated carbocycles. The molecule has 1 heterocycles. The van der Waals surface area contributed by atoms with Gasteiger partial charge in [-0.05, 0) is 55.2 Å². The van der Waals surface area contributed by atoms with Gasteiger partial charge >= 0.3 is 6.03 Å². The highest BCUT2D eigenvalue weighted by molar-refractivity contribution is 6.83. The van der Waals surface area contributed by atoms with E-state index in [4.69, 9.17) is 0 Å². The third-order valence-corrected chi connectivity index (χ3v) is 7.64. The molecule has 1 saturated heterocycles. The van der Waals surface area contributed by atoms with Crippen molar-refractivity contribution in [3.05, 3.63) is 29.6 Å². The number of carbonyl (C=O) groups is 2. The minimum absolute atomic E-state index is 0.0260. The van der Waals surface area contributed by atoms with Crippen molar-refractivity contribution >= 4 is 25.7 Å². The maximum absolute atomic E-state index is 13.9. The third kappa shape index (κ3) is 6.83. The summed E-state index contributed by atoms with van der Waals surface area (Å²) in [6, 6.07) is 3.87. The molecule has 5 unspecified atom stereocenters. The van der Waals surface area contributed by atoms with E-state index >= 15 is 0 Å². The molecule has 8 heteroatoms. The molecular formula is C26H38FN3O3Si. The largest absolute Gasteiger partial charge is 0.395 e. The maximum atomic E-state index is 13.9. The van der Waals surface area contributed by atoms with E-state index in [9.17, 15) is 19.1 Å². The van der Waals surface area contributed by atoms with Gasteiger partial charge in [0.1, 0.15) is 13.9 Å². The number of aliphatic hydroxyl groups is 1. The molecule has 0 spiro atoms. The SMILES string of the molecule is CC1CC(C)C2NC(=O)C(CN(CCO)C(=O)Nc3ccc(F)cc3C#C[Si](C)(C)C)CC2C1. The summed E-state index contributed by atoms with van der Waals surface area (Å²) in [6.07, 6.45) is 2.93. The van der Waals surface area contributed by atoms with Crippen LogP contribution in [0.2, 0.25) is 19.6 Å². The number of benzene rings is 1. The van der Waals surface area contributed by atoms with E-state index in [2.05, 4.69) is 55.6 Å². The summed E-state index contributed by atoms with van der Waals surface area (Å²) in [4.78, 5) is 27.5. The van der Waals surface area contributed by atoms with E-state index in [0.29, 0.717) is 29.0 Å². The molecule has 5 atom stereocenters. The first kappa shape index (κ1) is 26.2. The van der Waals surface area contributed by atoms with Gasteiger partial charge in [-0.25, -0.2) is 9.18 Å². The molecule has 2 fully saturated rings. The van der Waals surface area contributed by atoms with Crippen LogP contribution in [0.25, 0.3) is 0 Å². The number of nitrogens with one attached hydrogen (secondary N) is 2. The summed E-state index contributed by atoms with van der Waals surface area (Å²) in [5, 5.41) is 15.6. The van der Waals surface area contributed by atoms with Crippen molar-refractivity contribution in [3.8, 4) is 11.5 Å². The molecule has 0 radical (unpaired) electrons. The number of aliphatic hydroxyl groups excluding tert-OH is 1. The molecular weight excluding hydrogens is 449 g/mol. The average molecular weight is 488 g/mol. The molecule has 1 aliphatic carbocycles. The van der Waals surface area contributed by atoms with Gasteiger partial charge < -0.3 is 20.6 Å². The Labute approximate surface area is 203 Å². The first-order chi connectivity index (χ1) is 16.0. The normalized spacial score (nSPS) is 26.6. The molecule has 3 amide bonds. The van der Waals surface area contributed by atoms with Crippen LogP contribution in [0.1, 0.15) is 38.7 Å². The number of piperidine rings is 1. The molecule has 186 valence electrons. The topological polar surface area (TPSA) is 81.7 Å². The lowest BCUT2D eigenvalue weighted by Gasteiger charge is -2.45. The average Bonchev–Trinajstić information content (AvgIpc) is 2.74. The van der Waals surface area contributed by atoms with E-state index in [1.807, 2.05) is 0 Å². The predicted octanol–water partition coefficient (Wildman–Crippen LogP) is 4.07. The van der Waals surface area contributed by atoms with Crippen molar-refractivity contribution in [1.29, 1.82) is 0 Å². The molecule has 3 rings (SSSR count). The molecule has 0 bridgehead atoms. The lowest BCUT2D eigenvalue weighted by molar-refractivity contribution is -0.131. The van der Waals surface area contributed by atoms with Crippen molar-refractivity contribution < 1.29 is 19.1 Å². The smallest absolute Gasteiger partial charge is 0.321 e. The highest BCUT2D eigenvalue weighted by Crippen LogP contribution is 2.39. The van der Waals surface area contributed by atoms with Crippen LogP contribution in [0.4, 0.5) is 14.9 Å². The summed E-state index contributed by atoms with van der Waals surface area (Å²) in [5.41, 5.74) is 4.04. The number of urea groups is 1. The lowest BCUT2D eigenvalue weighted by atomic mass is 9.68. The van der Waals surface area contributed by atoms with Gasteiger partial charge in [0, 0.05) is 19.1 Å². The van der Waals surface area contributed by atoms with Crippen LogP contribution in [0.15, 0.2) is 18.2 Å². The lowest BCUT2D eigenvalue weighted by Crippen LogP contribution is -2.57.